The monoisotopic (exact) mass is 175 g/mol. The van der Waals surface area contributed by atoms with Crippen LogP contribution < -0.4 is 0 Å². The summed E-state index contributed by atoms with van der Waals surface area (Å²) in [6, 6.07) is 3.83. The molecule has 0 amide bonds. The number of oxime groups is 1. The van der Waals surface area contributed by atoms with Crippen molar-refractivity contribution in [2.45, 2.75) is 6.92 Å². The molecule has 0 saturated carbocycles. The Labute approximate surface area is 74.9 Å². The third kappa shape index (κ3) is 1.26. The highest BCUT2D eigenvalue weighted by Gasteiger charge is 2.02. The second-order valence-electron chi connectivity index (χ2n) is 2.83. The molecule has 0 fully saturated rings. The highest BCUT2D eigenvalue weighted by molar-refractivity contribution is 6.00. The number of aromatic amines is 1. The van der Waals surface area contributed by atoms with Gasteiger partial charge < -0.3 is 10.2 Å². The first-order valence-corrected chi connectivity index (χ1v) is 3.93. The molecule has 2 aromatic rings. The number of nitrogens with zero attached hydrogens (tertiary/aromatic N) is 2. The Bertz CT molecular complexity index is 426. The summed E-state index contributed by atoms with van der Waals surface area (Å²) in [6.45, 7) is 1.73. The fourth-order valence-electron chi connectivity index (χ4n) is 1.22. The Morgan fingerprint density at radius 1 is 1.62 bits per heavy atom. The van der Waals surface area contributed by atoms with E-state index in [9.17, 15) is 0 Å². The van der Waals surface area contributed by atoms with Crippen LogP contribution in [0.4, 0.5) is 0 Å². The summed E-state index contributed by atoms with van der Waals surface area (Å²) < 4.78 is 0. The summed E-state index contributed by atoms with van der Waals surface area (Å²) in [6.07, 6.45) is 3.47. The molecule has 0 aromatic carbocycles. The molecule has 0 aliphatic heterocycles. The van der Waals surface area contributed by atoms with Crippen molar-refractivity contribution in [3.63, 3.8) is 0 Å². The number of rotatable bonds is 1. The molecule has 2 rings (SSSR count). The average molecular weight is 175 g/mol. The highest BCUT2D eigenvalue weighted by Crippen LogP contribution is 2.13. The molecule has 0 bridgehead atoms. The predicted octanol–water partition coefficient (Wildman–Crippen LogP) is 1.76. The maximum Gasteiger partial charge on any atom is 0.0999 e. The molecule has 4 nitrogen and oxygen atoms in total. The lowest BCUT2D eigenvalue weighted by atomic mass is 10.2. The van der Waals surface area contributed by atoms with Crippen molar-refractivity contribution in [3.8, 4) is 0 Å². The van der Waals surface area contributed by atoms with E-state index in [-0.39, 0.29) is 0 Å². The lowest BCUT2D eigenvalue weighted by Gasteiger charge is -1.89. The number of hydrogen-bond acceptors (Lipinski definition) is 3. The van der Waals surface area contributed by atoms with Crippen LogP contribution in [-0.4, -0.2) is 20.9 Å². The second kappa shape index (κ2) is 2.90. The van der Waals surface area contributed by atoms with Crippen LogP contribution in [0.2, 0.25) is 0 Å². The molecule has 0 spiro atoms. The van der Waals surface area contributed by atoms with E-state index in [0.717, 1.165) is 16.6 Å². The van der Waals surface area contributed by atoms with Crippen LogP contribution in [0, 0.1) is 0 Å². The van der Waals surface area contributed by atoms with Gasteiger partial charge in [-0.3, -0.25) is 4.98 Å². The smallest absolute Gasteiger partial charge is 0.0999 e. The Morgan fingerprint density at radius 2 is 2.46 bits per heavy atom. The van der Waals surface area contributed by atoms with Crippen molar-refractivity contribution in [2.75, 3.05) is 0 Å². The van der Waals surface area contributed by atoms with Crippen LogP contribution in [0.1, 0.15) is 12.6 Å². The lowest BCUT2D eigenvalue weighted by Crippen LogP contribution is -1.93. The summed E-state index contributed by atoms with van der Waals surface area (Å²) >= 11 is 0. The maximum atomic E-state index is 8.57. The normalized spacial score (nSPS) is 12.2. The van der Waals surface area contributed by atoms with E-state index in [0.29, 0.717) is 5.71 Å². The first-order valence-electron chi connectivity index (χ1n) is 3.93. The molecule has 0 saturated heterocycles. The maximum absolute atomic E-state index is 8.57. The van der Waals surface area contributed by atoms with Gasteiger partial charge in [0, 0.05) is 11.6 Å². The van der Waals surface area contributed by atoms with Crippen molar-refractivity contribution in [3.05, 3.63) is 30.2 Å². The Kier molecular flexibility index (Phi) is 1.73. The van der Waals surface area contributed by atoms with Crippen molar-refractivity contribution in [1.29, 1.82) is 0 Å². The van der Waals surface area contributed by atoms with Crippen LogP contribution in [0.15, 0.2) is 29.7 Å². The number of aromatic nitrogens is 2. The summed E-state index contributed by atoms with van der Waals surface area (Å²) in [5.41, 5.74) is 2.32. The van der Waals surface area contributed by atoms with Gasteiger partial charge in [-0.15, -0.1) is 0 Å². The summed E-state index contributed by atoms with van der Waals surface area (Å²) in [4.78, 5) is 7.07. The number of nitrogens with one attached hydrogen (secondary N) is 1. The quantitative estimate of drug-likeness (QED) is 0.394. The van der Waals surface area contributed by atoms with E-state index in [1.807, 2.05) is 12.1 Å². The van der Waals surface area contributed by atoms with Gasteiger partial charge in [-0.05, 0) is 19.1 Å². The minimum Gasteiger partial charge on any atom is -0.411 e. The van der Waals surface area contributed by atoms with E-state index in [2.05, 4.69) is 15.1 Å². The first-order chi connectivity index (χ1) is 6.31. The van der Waals surface area contributed by atoms with Crippen LogP contribution >= 0.6 is 0 Å². The van der Waals surface area contributed by atoms with Crippen LogP contribution in [0.25, 0.3) is 10.9 Å². The highest BCUT2D eigenvalue weighted by atomic mass is 16.4. The number of hydrogen-bond donors (Lipinski definition) is 2. The van der Waals surface area contributed by atoms with Crippen molar-refractivity contribution < 1.29 is 5.21 Å². The largest absolute Gasteiger partial charge is 0.411 e. The standard InChI is InChI=1S/C9H9N3O/c1-6(12-13)8-4-7-2-3-10-5-9(7)11-8/h2-5,11,13H,1H3/b12-6-. The molecular formula is C9H9N3O. The van der Waals surface area contributed by atoms with Gasteiger partial charge in [-0.2, -0.15) is 0 Å². The van der Waals surface area contributed by atoms with Gasteiger partial charge in [0.05, 0.1) is 23.1 Å². The number of fused-ring (bicyclic) bond motifs is 1. The van der Waals surface area contributed by atoms with Crippen molar-refractivity contribution in [1.82, 2.24) is 9.97 Å². The van der Waals surface area contributed by atoms with Crippen LogP contribution in [0.3, 0.4) is 0 Å². The minimum atomic E-state index is 0.566. The fraction of sp³-hybridized carbons (Fsp3) is 0.111. The van der Waals surface area contributed by atoms with Gasteiger partial charge in [-0.25, -0.2) is 0 Å². The molecule has 0 radical (unpaired) electrons. The minimum absolute atomic E-state index is 0.566. The third-order valence-electron chi connectivity index (χ3n) is 1.96. The summed E-state index contributed by atoms with van der Waals surface area (Å²) in [5, 5.41) is 12.7. The van der Waals surface area contributed by atoms with E-state index < -0.39 is 0 Å². The molecule has 2 aromatic heterocycles. The Morgan fingerprint density at radius 3 is 3.15 bits per heavy atom. The van der Waals surface area contributed by atoms with Gasteiger partial charge in [0.25, 0.3) is 0 Å². The molecule has 66 valence electrons. The van der Waals surface area contributed by atoms with E-state index >= 15 is 0 Å². The molecule has 0 unspecified atom stereocenters. The fourth-order valence-corrected chi connectivity index (χ4v) is 1.22. The molecule has 13 heavy (non-hydrogen) atoms. The molecule has 2 N–H and O–H groups in total. The van der Waals surface area contributed by atoms with Crippen LogP contribution in [0.5, 0.6) is 0 Å². The topological polar surface area (TPSA) is 61.3 Å². The predicted molar refractivity (Wildman–Crippen MR) is 50.1 cm³/mol. The molecule has 4 heteroatoms. The van der Waals surface area contributed by atoms with Gasteiger partial charge in [0.2, 0.25) is 0 Å². The molecule has 0 atom stereocenters. The lowest BCUT2D eigenvalue weighted by molar-refractivity contribution is 0.319. The molecular weight excluding hydrogens is 166 g/mol. The van der Waals surface area contributed by atoms with Gasteiger partial charge in [0.1, 0.15) is 0 Å². The van der Waals surface area contributed by atoms with Crippen LogP contribution in [-0.2, 0) is 0 Å². The number of pyridine rings is 1. The number of H-pyrrole nitrogens is 1. The molecule has 0 aliphatic carbocycles. The van der Waals surface area contributed by atoms with E-state index in [1.54, 1.807) is 19.3 Å². The Hall–Kier alpha value is -1.84. The molecule has 0 aliphatic rings. The first kappa shape index (κ1) is 7.79. The Balaban J connectivity index is 2.62. The summed E-state index contributed by atoms with van der Waals surface area (Å²) in [5.74, 6) is 0. The zero-order chi connectivity index (χ0) is 9.26. The average Bonchev–Trinajstić information content (AvgIpc) is 2.59. The zero-order valence-electron chi connectivity index (χ0n) is 7.15. The second-order valence-corrected chi connectivity index (χ2v) is 2.83. The third-order valence-corrected chi connectivity index (χ3v) is 1.96. The van der Waals surface area contributed by atoms with Crippen molar-refractivity contribution in [2.24, 2.45) is 5.16 Å². The van der Waals surface area contributed by atoms with Gasteiger partial charge in [-0.1, -0.05) is 5.16 Å². The zero-order valence-corrected chi connectivity index (χ0v) is 7.15. The van der Waals surface area contributed by atoms with Crippen molar-refractivity contribution >= 4 is 16.6 Å². The van der Waals surface area contributed by atoms with Gasteiger partial charge >= 0.3 is 0 Å². The summed E-state index contributed by atoms with van der Waals surface area (Å²) in [7, 11) is 0. The van der Waals surface area contributed by atoms with E-state index in [1.165, 1.54) is 0 Å². The van der Waals surface area contributed by atoms with E-state index in [4.69, 9.17) is 5.21 Å². The van der Waals surface area contributed by atoms with Gasteiger partial charge in [0.15, 0.2) is 0 Å². The SMILES string of the molecule is C/C(=N/O)c1cc2ccncc2[nH]1. The molecule has 2 heterocycles.